The van der Waals surface area contributed by atoms with Gasteiger partial charge in [0.15, 0.2) is 0 Å². The van der Waals surface area contributed by atoms with E-state index < -0.39 is 0 Å². The van der Waals surface area contributed by atoms with E-state index in [1.807, 2.05) is 24.4 Å². The quantitative estimate of drug-likeness (QED) is 0.877. The summed E-state index contributed by atoms with van der Waals surface area (Å²) in [5, 5.41) is 11.5. The molecular weight excluding hydrogens is 224 g/mol. The fourth-order valence-electron chi connectivity index (χ4n) is 2.15. The summed E-state index contributed by atoms with van der Waals surface area (Å²) >= 11 is 0. The number of benzene rings is 1. The molecule has 2 rings (SSSR count). The van der Waals surface area contributed by atoms with Crippen molar-refractivity contribution in [3.63, 3.8) is 0 Å². The van der Waals surface area contributed by atoms with E-state index in [2.05, 4.69) is 35.9 Å². The van der Waals surface area contributed by atoms with Crippen molar-refractivity contribution in [3.05, 3.63) is 42.2 Å². The molecule has 1 N–H and O–H groups in total. The van der Waals surface area contributed by atoms with E-state index in [0.29, 0.717) is 12.6 Å². The highest BCUT2D eigenvalue weighted by molar-refractivity contribution is 5.84. The molecule has 0 fully saturated rings. The summed E-state index contributed by atoms with van der Waals surface area (Å²) in [5.41, 5.74) is 1.08. The Morgan fingerprint density at radius 2 is 2.00 bits per heavy atom. The van der Waals surface area contributed by atoms with Gasteiger partial charge in [-0.2, -0.15) is 0 Å². The topological polar surface area (TPSA) is 36.4 Å². The van der Waals surface area contributed by atoms with Gasteiger partial charge >= 0.3 is 0 Å². The summed E-state index contributed by atoms with van der Waals surface area (Å²) in [4.78, 5) is 6.72. The maximum Gasteiger partial charge on any atom is 0.0622 e. The molecule has 0 bridgehead atoms. The maximum atomic E-state index is 9.11. The monoisotopic (exact) mass is 244 g/mol. The second-order valence-electron chi connectivity index (χ2n) is 4.77. The highest BCUT2D eigenvalue weighted by Crippen LogP contribution is 2.18. The third-order valence-corrected chi connectivity index (χ3v) is 3.23. The minimum absolute atomic E-state index is 0.183. The highest BCUT2D eigenvalue weighted by Gasteiger charge is 2.11. The fraction of sp³-hybridized carbons (Fsp3) is 0.400. The molecule has 3 nitrogen and oxygen atoms in total. The number of rotatable bonds is 5. The Morgan fingerprint density at radius 1 is 1.22 bits per heavy atom. The number of aliphatic hydroxyl groups excluding tert-OH is 1. The molecular formula is C15H20N2O. The zero-order chi connectivity index (χ0) is 13.0. The molecule has 3 heteroatoms. The second-order valence-corrected chi connectivity index (χ2v) is 4.77. The molecule has 1 aromatic heterocycles. The van der Waals surface area contributed by atoms with Crippen molar-refractivity contribution < 1.29 is 5.11 Å². The summed E-state index contributed by atoms with van der Waals surface area (Å²) in [5.74, 6) is 0. The van der Waals surface area contributed by atoms with Crippen LogP contribution in [0.4, 0.5) is 0 Å². The van der Waals surface area contributed by atoms with Crippen LogP contribution in [0.2, 0.25) is 0 Å². The van der Waals surface area contributed by atoms with Crippen molar-refractivity contribution in [2.75, 3.05) is 13.2 Å². The van der Waals surface area contributed by atoms with Gasteiger partial charge in [-0.3, -0.25) is 9.88 Å². The predicted octanol–water partition coefficient (Wildman–Crippen LogP) is 2.44. The Kier molecular flexibility index (Phi) is 4.28. The Bertz CT molecular complexity index is 505. The molecule has 0 aliphatic heterocycles. The normalized spacial score (nSPS) is 11.6. The number of aliphatic hydroxyl groups is 1. The number of fused-ring (bicyclic) bond motifs is 1. The average molecular weight is 244 g/mol. The third-order valence-electron chi connectivity index (χ3n) is 3.23. The summed E-state index contributed by atoms with van der Waals surface area (Å²) < 4.78 is 0. The second kappa shape index (κ2) is 5.94. The first-order valence-corrected chi connectivity index (χ1v) is 6.40. The van der Waals surface area contributed by atoms with E-state index in [4.69, 9.17) is 5.11 Å². The molecule has 0 unspecified atom stereocenters. The molecule has 96 valence electrons. The van der Waals surface area contributed by atoms with Crippen LogP contribution >= 0.6 is 0 Å². The maximum absolute atomic E-state index is 9.11. The number of nitrogens with zero attached hydrogens (tertiary/aromatic N) is 2. The van der Waals surface area contributed by atoms with E-state index in [-0.39, 0.29) is 6.61 Å². The van der Waals surface area contributed by atoms with Gasteiger partial charge in [0.2, 0.25) is 0 Å². The molecule has 0 aliphatic carbocycles. The van der Waals surface area contributed by atoms with Crippen molar-refractivity contribution in [1.82, 2.24) is 9.88 Å². The Balaban J connectivity index is 2.30. The fourth-order valence-corrected chi connectivity index (χ4v) is 2.15. The van der Waals surface area contributed by atoms with Crippen LogP contribution in [-0.4, -0.2) is 34.2 Å². The van der Waals surface area contributed by atoms with Crippen molar-refractivity contribution in [3.8, 4) is 0 Å². The summed E-state index contributed by atoms with van der Waals surface area (Å²) in [6.07, 6.45) is 1.86. The molecule has 2 aromatic rings. The van der Waals surface area contributed by atoms with E-state index in [1.165, 1.54) is 10.8 Å². The molecule has 0 amide bonds. The molecule has 1 aromatic carbocycles. The summed E-state index contributed by atoms with van der Waals surface area (Å²) in [6.45, 7) is 5.92. The van der Waals surface area contributed by atoms with Crippen LogP contribution in [0.5, 0.6) is 0 Å². The zero-order valence-electron chi connectivity index (χ0n) is 11.0. The SMILES string of the molecule is CC(C)N(CCO)Cc1nccc2ccccc12. The van der Waals surface area contributed by atoms with Gasteiger partial charge in [0.05, 0.1) is 12.3 Å². The highest BCUT2D eigenvalue weighted by atomic mass is 16.3. The van der Waals surface area contributed by atoms with Crippen molar-refractivity contribution in [1.29, 1.82) is 0 Å². The molecule has 1 heterocycles. The van der Waals surface area contributed by atoms with Gasteiger partial charge in [0, 0.05) is 30.7 Å². The Morgan fingerprint density at radius 3 is 2.72 bits per heavy atom. The molecule has 0 spiro atoms. The first kappa shape index (κ1) is 13.0. The number of hydrogen-bond donors (Lipinski definition) is 1. The summed E-state index contributed by atoms with van der Waals surface area (Å²) in [7, 11) is 0. The van der Waals surface area contributed by atoms with Crippen molar-refractivity contribution in [2.24, 2.45) is 0 Å². The largest absolute Gasteiger partial charge is 0.395 e. The van der Waals surface area contributed by atoms with E-state index >= 15 is 0 Å². The van der Waals surface area contributed by atoms with Crippen LogP contribution in [0, 0.1) is 0 Å². The lowest BCUT2D eigenvalue weighted by Gasteiger charge is -2.25. The van der Waals surface area contributed by atoms with Crippen molar-refractivity contribution >= 4 is 10.8 Å². The van der Waals surface area contributed by atoms with Gasteiger partial charge in [-0.1, -0.05) is 24.3 Å². The van der Waals surface area contributed by atoms with Crippen LogP contribution in [0.15, 0.2) is 36.5 Å². The molecule has 18 heavy (non-hydrogen) atoms. The predicted molar refractivity (Wildman–Crippen MR) is 74.4 cm³/mol. The van der Waals surface area contributed by atoms with Gasteiger partial charge in [-0.25, -0.2) is 0 Å². The smallest absolute Gasteiger partial charge is 0.0622 e. The average Bonchev–Trinajstić information content (AvgIpc) is 2.38. The molecule has 0 aliphatic rings. The van der Waals surface area contributed by atoms with Crippen LogP contribution in [-0.2, 0) is 6.54 Å². The lowest BCUT2D eigenvalue weighted by Crippen LogP contribution is -2.33. The number of hydrogen-bond acceptors (Lipinski definition) is 3. The molecule has 0 saturated heterocycles. The number of pyridine rings is 1. The third kappa shape index (κ3) is 2.86. The standard InChI is InChI=1S/C15H20N2O/c1-12(2)17(9-10-18)11-15-14-6-4-3-5-13(14)7-8-16-15/h3-8,12,18H,9-11H2,1-2H3. The zero-order valence-corrected chi connectivity index (χ0v) is 11.0. The van der Waals surface area contributed by atoms with Crippen LogP contribution in [0.1, 0.15) is 19.5 Å². The number of aromatic nitrogens is 1. The first-order valence-electron chi connectivity index (χ1n) is 6.40. The Labute approximate surface area is 108 Å². The molecule has 0 saturated carbocycles. The van der Waals surface area contributed by atoms with E-state index in [0.717, 1.165) is 12.2 Å². The van der Waals surface area contributed by atoms with Crippen LogP contribution in [0.3, 0.4) is 0 Å². The van der Waals surface area contributed by atoms with E-state index in [1.54, 1.807) is 0 Å². The van der Waals surface area contributed by atoms with Gasteiger partial charge in [0.25, 0.3) is 0 Å². The lowest BCUT2D eigenvalue weighted by atomic mass is 10.1. The molecule has 0 atom stereocenters. The van der Waals surface area contributed by atoms with E-state index in [9.17, 15) is 0 Å². The van der Waals surface area contributed by atoms with Crippen LogP contribution < -0.4 is 0 Å². The van der Waals surface area contributed by atoms with Gasteiger partial charge in [-0.05, 0) is 25.3 Å². The minimum Gasteiger partial charge on any atom is -0.395 e. The van der Waals surface area contributed by atoms with Crippen molar-refractivity contribution in [2.45, 2.75) is 26.4 Å². The van der Waals surface area contributed by atoms with Gasteiger partial charge in [-0.15, -0.1) is 0 Å². The first-order chi connectivity index (χ1) is 8.72. The lowest BCUT2D eigenvalue weighted by molar-refractivity contribution is 0.158. The summed E-state index contributed by atoms with van der Waals surface area (Å²) in [6, 6.07) is 10.7. The van der Waals surface area contributed by atoms with Crippen LogP contribution in [0.25, 0.3) is 10.8 Å². The Hall–Kier alpha value is -1.45. The minimum atomic E-state index is 0.183. The van der Waals surface area contributed by atoms with Gasteiger partial charge < -0.3 is 5.11 Å². The van der Waals surface area contributed by atoms with Gasteiger partial charge in [0.1, 0.15) is 0 Å². The molecule has 0 radical (unpaired) electrons.